The fraction of sp³-hybridized carbons (Fsp3) is 0.909. The van der Waals surface area contributed by atoms with Gasteiger partial charge in [-0.3, -0.25) is 4.79 Å². The monoisotopic (exact) mass is 318 g/mol. The summed E-state index contributed by atoms with van der Waals surface area (Å²) in [5.41, 5.74) is 0. The predicted octanol–water partition coefficient (Wildman–Crippen LogP) is 1.80. The van der Waals surface area contributed by atoms with Crippen molar-refractivity contribution in [2.75, 3.05) is 0 Å². The number of rotatable bonds is 4. The van der Waals surface area contributed by atoms with Gasteiger partial charge in [-0.05, 0) is 31.1 Å². The molecule has 0 aromatic carbocycles. The van der Waals surface area contributed by atoms with E-state index in [9.17, 15) is 30.8 Å². The minimum absolute atomic E-state index is 0.0796. The maximum atomic E-state index is 13.8. The summed E-state index contributed by atoms with van der Waals surface area (Å²) >= 11 is 0. The molecular weight excluding hydrogens is 304 g/mol. The Balaban J connectivity index is 2.14. The number of esters is 1. The van der Waals surface area contributed by atoms with E-state index in [-0.39, 0.29) is 19.3 Å². The third-order valence-corrected chi connectivity index (χ3v) is 4.96. The Morgan fingerprint density at radius 2 is 1.70 bits per heavy atom. The molecule has 2 bridgehead atoms. The van der Waals surface area contributed by atoms with Crippen LogP contribution in [0.3, 0.4) is 0 Å². The number of thiol groups is 1. The summed E-state index contributed by atoms with van der Waals surface area (Å²) in [6.07, 6.45) is -0.451. The summed E-state index contributed by atoms with van der Waals surface area (Å²) < 4.78 is 79.6. The lowest BCUT2D eigenvalue weighted by molar-refractivity contribution is -0.202. The van der Waals surface area contributed by atoms with Crippen molar-refractivity contribution in [3.63, 3.8) is 0 Å². The molecule has 2 rings (SSSR count). The molecule has 4 unspecified atom stereocenters. The standard InChI is InChI=1S/C11H14F4O4S/c1-5(16)19-9-4-6-2-7(9)3-8(6)10(12,13)11(14,15)20(17)18/h6-9,20H,2-4H2,1H3. The zero-order valence-corrected chi connectivity index (χ0v) is 11.4. The third-order valence-electron chi connectivity index (χ3n) is 4.21. The van der Waals surface area contributed by atoms with E-state index in [4.69, 9.17) is 4.74 Å². The van der Waals surface area contributed by atoms with Crippen molar-refractivity contribution in [2.45, 2.75) is 43.5 Å². The first-order valence-electron chi connectivity index (χ1n) is 6.14. The molecule has 20 heavy (non-hydrogen) atoms. The molecule has 0 radical (unpaired) electrons. The molecule has 9 heteroatoms. The van der Waals surface area contributed by atoms with E-state index in [0.29, 0.717) is 0 Å². The van der Waals surface area contributed by atoms with Crippen molar-refractivity contribution in [1.82, 2.24) is 0 Å². The summed E-state index contributed by atoms with van der Waals surface area (Å²) in [4.78, 5) is 10.8. The van der Waals surface area contributed by atoms with Crippen molar-refractivity contribution < 1.29 is 35.5 Å². The summed E-state index contributed by atoms with van der Waals surface area (Å²) in [5, 5.41) is -5.05. The number of hydrogen-bond acceptors (Lipinski definition) is 4. The highest BCUT2D eigenvalue weighted by Crippen LogP contribution is 2.58. The minimum atomic E-state index is -5.05. The number of alkyl halides is 4. The van der Waals surface area contributed by atoms with Crippen LogP contribution >= 0.6 is 0 Å². The van der Waals surface area contributed by atoms with E-state index in [1.54, 1.807) is 0 Å². The summed E-state index contributed by atoms with van der Waals surface area (Å²) in [6, 6.07) is 0. The molecule has 2 aliphatic carbocycles. The molecule has 4 nitrogen and oxygen atoms in total. The molecule has 2 saturated carbocycles. The molecule has 0 heterocycles. The zero-order chi connectivity index (χ0) is 15.3. The number of ether oxygens (including phenoxy) is 1. The van der Waals surface area contributed by atoms with Gasteiger partial charge in [-0.15, -0.1) is 0 Å². The Hall–Kier alpha value is -0.860. The average molecular weight is 318 g/mol. The van der Waals surface area contributed by atoms with Gasteiger partial charge in [0.1, 0.15) is 6.10 Å². The summed E-state index contributed by atoms with van der Waals surface area (Å²) in [5.74, 6) is -7.98. The zero-order valence-electron chi connectivity index (χ0n) is 10.5. The molecule has 2 aliphatic rings. The minimum Gasteiger partial charge on any atom is -0.462 e. The average Bonchev–Trinajstić information content (AvgIpc) is 2.86. The van der Waals surface area contributed by atoms with Crippen LogP contribution in [0.2, 0.25) is 0 Å². The first kappa shape index (κ1) is 15.5. The van der Waals surface area contributed by atoms with Gasteiger partial charge in [-0.25, -0.2) is 8.42 Å². The lowest BCUT2D eigenvalue weighted by Gasteiger charge is -2.34. The molecule has 4 atom stereocenters. The summed E-state index contributed by atoms with van der Waals surface area (Å²) in [6.45, 7) is 1.19. The molecule has 0 aromatic rings. The van der Waals surface area contributed by atoms with Crippen LogP contribution in [0, 0.1) is 17.8 Å². The fourth-order valence-corrected chi connectivity index (χ4v) is 3.78. The van der Waals surface area contributed by atoms with Gasteiger partial charge in [0.15, 0.2) is 0 Å². The smallest absolute Gasteiger partial charge is 0.404 e. The van der Waals surface area contributed by atoms with E-state index < -0.39 is 51.7 Å². The van der Waals surface area contributed by atoms with Crippen molar-refractivity contribution in [3.8, 4) is 0 Å². The van der Waals surface area contributed by atoms with Crippen LogP contribution in [0.1, 0.15) is 26.2 Å². The van der Waals surface area contributed by atoms with Gasteiger partial charge in [-0.1, -0.05) is 0 Å². The van der Waals surface area contributed by atoms with Gasteiger partial charge in [0.05, 0.1) is 0 Å². The SMILES string of the molecule is CC(=O)OC1CC2CC1CC2C(F)(F)C(F)(F)[SH](=O)=O. The van der Waals surface area contributed by atoms with E-state index in [2.05, 4.69) is 0 Å². The number of fused-ring (bicyclic) bond motifs is 2. The molecule has 0 aromatic heterocycles. The van der Waals surface area contributed by atoms with Crippen LogP contribution in [0.15, 0.2) is 0 Å². The second-order valence-corrected chi connectivity index (χ2v) is 6.48. The second kappa shape index (κ2) is 4.85. The van der Waals surface area contributed by atoms with E-state index >= 15 is 0 Å². The highest BCUT2D eigenvalue weighted by atomic mass is 32.2. The Bertz CT molecular complexity index is 483. The van der Waals surface area contributed by atoms with Crippen LogP contribution in [0.4, 0.5) is 17.6 Å². The Labute approximate surface area is 114 Å². The largest absolute Gasteiger partial charge is 0.462 e. The van der Waals surface area contributed by atoms with Crippen LogP contribution < -0.4 is 0 Å². The maximum absolute atomic E-state index is 13.8. The normalized spacial score (nSPS) is 33.7. The summed E-state index contributed by atoms with van der Waals surface area (Å²) in [7, 11) is -4.55. The molecule has 116 valence electrons. The van der Waals surface area contributed by atoms with Crippen LogP contribution in [0.25, 0.3) is 0 Å². The molecular formula is C11H14F4O4S. The van der Waals surface area contributed by atoms with Gasteiger partial charge in [0, 0.05) is 12.8 Å². The van der Waals surface area contributed by atoms with E-state index in [1.807, 2.05) is 0 Å². The molecule has 0 N–H and O–H groups in total. The fourth-order valence-electron chi connectivity index (χ4n) is 3.37. The molecule has 0 aliphatic heterocycles. The van der Waals surface area contributed by atoms with Gasteiger partial charge < -0.3 is 4.74 Å². The van der Waals surface area contributed by atoms with Crippen molar-refractivity contribution in [3.05, 3.63) is 0 Å². The van der Waals surface area contributed by atoms with Crippen LogP contribution in [-0.2, 0) is 20.2 Å². The molecule has 0 spiro atoms. The van der Waals surface area contributed by atoms with Gasteiger partial charge >= 0.3 is 17.1 Å². The highest BCUT2D eigenvalue weighted by Gasteiger charge is 2.68. The number of carbonyl (C=O) groups excluding carboxylic acids is 1. The van der Waals surface area contributed by atoms with Crippen molar-refractivity contribution in [1.29, 1.82) is 0 Å². The Kier molecular flexibility index (Phi) is 3.77. The Morgan fingerprint density at radius 1 is 1.10 bits per heavy atom. The second-order valence-electron chi connectivity index (χ2n) is 5.40. The number of halogens is 4. The number of carbonyl (C=O) groups is 1. The lowest BCUT2D eigenvalue weighted by Crippen LogP contribution is -2.50. The maximum Gasteiger partial charge on any atom is 0.404 e. The molecule has 0 amide bonds. The van der Waals surface area contributed by atoms with Crippen molar-refractivity contribution >= 4 is 16.7 Å². The quantitative estimate of drug-likeness (QED) is 0.488. The highest BCUT2D eigenvalue weighted by molar-refractivity contribution is 7.73. The molecule has 0 saturated heterocycles. The lowest BCUT2D eigenvalue weighted by atomic mass is 9.82. The molecule has 2 fully saturated rings. The van der Waals surface area contributed by atoms with E-state index in [1.165, 1.54) is 6.92 Å². The topological polar surface area (TPSA) is 60.4 Å². The van der Waals surface area contributed by atoms with Crippen LogP contribution in [0.5, 0.6) is 0 Å². The predicted molar refractivity (Wildman–Crippen MR) is 60.1 cm³/mol. The first-order valence-corrected chi connectivity index (χ1v) is 7.32. The van der Waals surface area contributed by atoms with E-state index in [0.717, 1.165) is 0 Å². The van der Waals surface area contributed by atoms with Crippen LogP contribution in [-0.4, -0.2) is 31.7 Å². The third kappa shape index (κ3) is 2.29. The van der Waals surface area contributed by atoms with Gasteiger partial charge in [0.25, 0.3) is 0 Å². The Morgan fingerprint density at radius 3 is 2.10 bits per heavy atom. The van der Waals surface area contributed by atoms with Crippen molar-refractivity contribution in [2.24, 2.45) is 17.8 Å². The van der Waals surface area contributed by atoms with Gasteiger partial charge in [-0.2, -0.15) is 17.6 Å². The van der Waals surface area contributed by atoms with Gasteiger partial charge in [0.2, 0.25) is 10.7 Å². The number of hydrogen-bond donors (Lipinski definition) is 1. The first-order chi connectivity index (χ1) is 9.07.